The molecule has 226 valence electrons. The van der Waals surface area contributed by atoms with E-state index in [0.29, 0.717) is 30.7 Å². The van der Waals surface area contributed by atoms with Crippen LogP contribution in [0.3, 0.4) is 0 Å². The van der Waals surface area contributed by atoms with E-state index in [-0.39, 0.29) is 25.2 Å². The van der Waals surface area contributed by atoms with Gasteiger partial charge in [-0.15, -0.1) is 0 Å². The van der Waals surface area contributed by atoms with Crippen molar-refractivity contribution in [2.75, 3.05) is 61.0 Å². The van der Waals surface area contributed by atoms with Crippen molar-refractivity contribution in [2.45, 2.75) is 127 Å². The lowest BCUT2D eigenvalue weighted by molar-refractivity contribution is -0.0271. The Labute approximate surface area is 228 Å². The molecule has 0 aromatic rings. The molecule has 0 amide bonds. The van der Waals surface area contributed by atoms with Gasteiger partial charge in [0.25, 0.3) is 0 Å². The van der Waals surface area contributed by atoms with Crippen LogP contribution in [0.2, 0.25) is 0 Å². The molecule has 1 N–H and O–H groups in total. The Morgan fingerprint density at radius 1 is 0.472 bits per heavy atom. The highest BCUT2D eigenvalue weighted by atomic mass is 16.5. The first kappa shape index (κ1) is 45.7. The Balaban J connectivity index is -0.000000118. The number of hydrogen-bond acceptors (Lipinski definition) is 6. The van der Waals surface area contributed by atoms with Gasteiger partial charge in [-0.05, 0) is 78.1 Å². The van der Waals surface area contributed by atoms with Crippen molar-refractivity contribution >= 4 is 0 Å². The number of aliphatic hydroxyl groups excluding tert-OH is 1. The third-order valence-corrected chi connectivity index (χ3v) is 4.00. The van der Waals surface area contributed by atoms with Gasteiger partial charge in [-0.3, -0.25) is 0 Å². The molecule has 0 aromatic carbocycles. The summed E-state index contributed by atoms with van der Waals surface area (Å²) in [5, 5.41) is 8.30. The SMILES string of the molecule is C.CC(C)(C)OCCO.COCCCC(C)(C)C.COCCCC(C)(C)C.COCCOC(C)(C)C. The van der Waals surface area contributed by atoms with E-state index in [9.17, 15) is 0 Å². The summed E-state index contributed by atoms with van der Waals surface area (Å²) in [6, 6.07) is 0. The molecule has 0 unspecified atom stereocenters. The van der Waals surface area contributed by atoms with Gasteiger partial charge in [0.2, 0.25) is 0 Å². The lowest BCUT2D eigenvalue weighted by Gasteiger charge is -2.18. The van der Waals surface area contributed by atoms with Crippen LogP contribution in [-0.2, 0) is 23.7 Å². The zero-order valence-electron chi connectivity index (χ0n) is 26.6. The molecule has 0 aliphatic heterocycles. The first-order valence-electron chi connectivity index (χ1n) is 13.1. The van der Waals surface area contributed by atoms with E-state index >= 15 is 0 Å². The standard InChI is InChI=1S/2C8H18O.C7H16O2.C6H14O2.CH4/c2*1-8(2,3)6-5-7-9-4;1-7(2,3)9-6-5-8-4;1-6(2,3)8-5-4-7;/h2*5-7H2,1-4H3;5-6H2,1-4H3;7H,4-5H2,1-3H3;1H4. The molecule has 0 rings (SSSR count). The van der Waals surface area contributed by atoms with Crippen LogP contribution in [0, 0.1) is 10.8 Å². The Morgan fingerprint density at radius 3 is 0.972 bits per heavy atom. The summed E-state index contributed by atoms with van der Waals surface area (Å²) in [6.07, 6.45) is 4.86. The van der Waals surface area contributed by atoms with Crippen LogP contribution in [-0.4, -0.2) is 77.3 Å². The number of methoxy groups -OCH3 is 3. The summed E-state index contributed by atoms with van der Waals surface area (Å²) >= 11 is 0. The summed E-state index contributed by atoms with van der Waals surface area (Å²) in [4.78, 5) is 0. The molecule has 0 saturated carbocycles. The predicted molar refractivity (Wildman–Crippen MR) is 158 cm³/mol. The van der Waals surface area contributed by atoms with E-state index in [1.165, 1.54) is 25.7 Å². The largest absolute Gasteiger partial charge is 0.394 e. The molecule has 6 heteroatoms. The average Bonchev–Trinajstić information content (AvgIpc) is 2.65. The van der Waals surface area contributed by atoms with Gasteiger partial charge in [-0.25, -0.2) is 0 Å². The minimum Gasteiger partial charge on any atom is -0.394 e. The fourth-order valence-electron chi connectivity index (χ4n) is 2.28. The number of hydrogen-bond donors (Lipinski definition) is 1. The van der Waals surface area contributed by atoms with Crippen LogP contribution < -0.4 is 0 Å². The lowest BCUT2D eigenvalue weighted by atomic mass is 9.91. The van der Waals surface area contributed by atoms with Crippen molar-refractivity contribution < 1.29 is 28.8 Å². The smallest absolute Gasteiger partial charge is 0.0707 e. The summed E-state index contributed by atoms with van der Waals surface area (Å²) in [5.74, 6) is 0. The van der Waals surface area contributed by atoms with Crippen molar-refractivity contribution in [3.63, 3.8) is 0 Å². The van der Waals surface area contributed by atoms with Crippen molar-refractivity contribution in [3.05, 3.63) is 0 Å². The highest BCUT2D eigenvalue weighted by Gasteiger charge is 2.10. The minimum absolute atomic E-state index is 0. The summed E-state index contributed by atoms with van der Waals surface area (Å²) in [6.45, 7) is 29.2. The molecule has 0 heterocycles. The quantitative estimate of drug-likeness (QED) is 0.277. The van der Waals surface area contributed by atoms with Gasteiger partial charge in [0, 0.05) is 34.5 Å². The molecular weight excluding hydrogens is 456 g/mol. The summed E-state index contributed by atoms with van der Waals surface area (Å²) in [7, 11) is 5.18. The molecule has 0 aliphatic carbocycles. The molecule has 0 spiro atoms. The van der Waals surface area contributed by atoms with Crippen LogP contribution >= 0.6 is 0 Å². The van der Waals surface area contributed by atoms with Crippen LogP contribution in [0.4, 0.5) is 0 Å². The Morgan fingerprint density at radius 2 is 0.778 bits per heavy atom. The van der Waals surface area contributed by atoms with Gasteiger partial charge in [-0.2, -0.15) is 0 Å². The Bertz CT molecular complexity index is 350. The van der Waals surface area contributed by atoms with Gasteiger partial charge >= 0.3 is 0 Å². The third-order valence-electron chi connectivity index (χ3n) is 4.00. The Hall–Kier alpha value is -0.240. The van der Waals surface area contributed by atoms with E-state index in [0.717, 1.165) is 13.2 Å². The van der Waals surface area contributed by atoms with Gasteiger partial charge in [-0.1, -0.05) is 49.0 Å². The number of aliphatic hydroxyl groups is 1. The third kappa shape index (κ3) is 69.9. The maximum absolute atomic E-state index is 8.30. The molecule has 0 aliphatic rings. The summed E-state index contributed by atoms with van der Waals surface area (Å²) in [5.41, 5.74) is 0.804. The van der Waals surface area contributed by atoms with Crippen molar-refractivity contribution in [3.8, 4) is 0 Å². The molecule has 0 saturated heterocycles. The summed E-state index contributed by atoms with van der Waals surface area (Å²) < 4.78 is 25.2. The fraction of sp³-hybridized carbons (Fsp3) is 1.00. The second-order valence-corrected chi connectivity index (χ2v) is 13.0. The lowest BCUT2D eigenvalue weighted by Crippen LogP contribution is -2.21. The molecule has 36 heavy (non-hydrogen) atoms. The topological polar surface area (TPSA) is 66.4 Å². The monoisotopic (exact) mass is 527 g/mol. The second kappa shape index (κ2) is 26.4. The number of rotatable bonds is 11. The van der Waals surface area contributed by atoms with Gasteiger partial charge < -0.3 is 28.8 Å². The zero-order valence-corrected chi connectivity index (χ0v) is 26.6. The fourth-order valence-corrected chi connectivity index (χ4v) is 2.28. The predicted octanol–water partition coefficient (Wildman–Crippen LogP) is 7.80. The highest BCUT2D eigenvalue weighted by Crippen LogP contribution is 2.20. The van der Waals surface area contributed by atoms with E-state index in [1.807, 2.05) is 41.5 Å². The van der Waals surface area contributed by atoms with Crippen molar-refractivity contribution in [2.24, 2.45) is 10.8 Å². The minimum atomic E-state index is -0.108. The van der Waals surface area contributed by atoms with Crippen LogP contribution in [0.5, 0.6) is 0 Å². The van der Waals surface area contributed by atoms with E-state index in [4.69, 9.17) is 28.8 Å². The molecule has 0 radical (unpaired) electrons. The van der Waals surface area contributed by atoms with Crippen LogP contribution in [0.1, 0.15) is 116 Å². The van der Waals surface area contributed by atoms with Crippen LogP contribution in [0.25, 0.3) is 0 Å². The zero-order chi connectivity index (χ0) is 28.6. The van der Waals surface area contributed by atoms with E-state index < -0.39 is 0 Å². The first-order chi connectivity index (χ1) is 15.7. The van der Waals surface area contributed by atoms with Crippen molar-refractivity contribution in [1.82, 2.24) is 0 Å². The molecular formula is C30H70O6. The molecule has 0 atom stereocenters. The van der Waals surface area contributed by atoms with Crippen molar-refractivity contribution in [1.29, 1.82) is 0 Å². The maximum Gasteiger partial charge on any atom is 0.0707 e. The molecule has 6 nitrogen and oxygen atoms in total. The van der Waals surface area contributed by atoms with Gasteiger partial charge in [0.15, 0.2) is 0 Å². The molecule has 0 aromatic heterocycles. The molecule has 0 fully saturated rings. The van der Waals surface area contributed by atoms with E-state index in [2.05, 4.69) is 41.5 Å². The Kier molecular flexibility index (Phi) is 33.5. The second-order valence-electron chi connectivity index (χ2n) is 13.0. The van der Waals surface area contributed by atoms with Crippen LogP contribution in [0.15, 0.2) is 0 Å². The van der Waals surface area contributed by atoms with Gasteiger partial charge in [0.05, 0.1) is 37.6 Å². The normalized spacial score (nSPS) is 11.7. The van der Waals surface area contributed by atoms with E-state index in [1.54, 1.807) is 21.3 Å². The van der Waals surface area contributed by atoms with Gasteiger partial charge in [0.1, 0.15) is 0 Å². The molecule has 0 bridgehead atoms. The highest BCUT2D eigenvalue weighted by molar-refractivity contribution is 4.61. The average molecular weight is 527 g/mol. The number of ether oxygens (including phenoxy) is 5. The maximum atomic E-state index is 8.30. The first-order valence-corrected chi connectivity index (χ1v) is 13.1.